The summed E-state index contributed by atoms with van der Waals surface area (Å²) in [6.07, 6.45) is 1.52. The number of carbonyl (C=O) groups excluding carboxylic acids is 1. The molecular weight excluding hydrogens is 276 g/mol. The van der Waals surface area contributed by atoms with E-state index in [-0.39, 0.29) is 11.9 Å². The van der Waals surface area contributed by atoms with Gasteiger partial charge in [0.2, 0.25) is 5.91 Å². The number of hydrogen-bond acceptors (Lipinski definition) is 6. The number of anilines is 1. The first-order chi connectivity index (χ1) is 9.74. The van der Waals surface area contributed by atoms with Crippen LogP contribution in [0.3, 0.4) is 0 Å². The molecule has 1 fully saturated rings. The smallest absolute Gasteiger partial charge is 0.242 e. The van der Waals surface area contributed by atoms with Crippen LogP contribution >= 0.6 is 11.8 Å². The number of thioether (sulfide) groups is 1. The third-order valence-electron chi connectivity index (χ3n) is 3.13. The first-order valence-electron chi connectivity index (χ1n) is 6.20. The number of aryl methyl sites for hydroxylation is 1. The number of nitrogens with one attached hydrogen (secondary N) is 2. The third kappa shape index (κ3) is 2.66. The van der Waals surface area contributed by atoms with Gasteiger partial charge in [-0.05, 0) is 35.0 Å². The highest BCUT2D eigenvalue weighted by Gasteiger charge is 2.22. The van der Waals surface area contributed by atoms with E-state index in [1.165, 1.54) is 6.33 Å². The van der Waals surface area contributed by atoms with Crippen molar-refractivity contribution in [2.75, 3.05) is 16.9 Å². The minimum absolute atomic E-state index is 0.00744. The van der Waals surface area contributed by atoms with Crippen LogP contribution in [0.1, 0.15) is 5.56 Å². The van der Waals surface area contributed by atoms with E-state index in [2.05, 4.69) is 26.2 Å². The maximum absolute atomic E-state index is 12.1. The summed E-state index contributed by atoms with van der Waals surface area (Å²) in [4.78, 5) is 12.1. The molecule has 0 aliphatic carbocycles. The Hall–Kier alpha value is -1.93. The summed E-state index contributed by atoms with van der Waals surface area (Å²) in [7, 11) is 0. The molecule has 1 aromatic heterocycles. The molecular formula is C12H14N6OS. The minimum Gasteiger partial charge on any atom is -0.324 e. The zero-order chi connectivity index (χ0) is 13.9. The average molecular weight is 290 g/mol. The Bertz CT molecular complexity index is 608. The molecule has 2 heterocycles. The summed E-state index contributed by atoms with van der Waals surface area (Å²) < 4.78 is 1.55. The molecule has 7 nitrogen and oxygen atoms in total. The van der Waals surface area contributed by atoms with E-state index in [1.54, 1.807) is 16.4 Å². The normalized spacial score (nSPS) is 18.1. The first-order valence-corrected chi connectivity index (χ1v) is 7.35. The van der Waals surface area contributed by atoms with Crippen LogP contribution in [-0.4, -0.2) is 43.8 Å². The number of hydrogen-bond donors (Lipinski definition) is 2. The summed E-state index contributed by atoms with van der Waals surface area (Å²) in [5, 5.41) is 17.2. The summed E-state index contributed by atoms with van der Waals surface area (Å²) in [6, 6.07) is 5.58. The van der Waals surface area contributed by atoms with Crippen LogP contribution in [0.15, 0.2) is 24.5 Å². The maximum atomic E-state index is 12.1. The van der Waals surface area contributed by atoms with Crippen LogP contribution in [0.2, 0.25) is 0 Å². The van der Waals surface area contributed by atoms with Crippen molar-refractivity contribution in [1.29, 1.82) is 0 Å². The van der Waals surface area contributed by atoms with Gasteiger partial charge >= 0.3 is 0 Å². The van der Waals surface area contributed by atoms with Gasteiger partial charge in [0.05, 0.1) is 11.7 Å². The fraction of sp³-hybridized carbons (Fsp3) is 0.333. The van der Waals surface area contributed by atoms with E-state index in [1.807, 2.05) is 25.1 Å². The van der Waals surface area contributed by atoms with Gasteiger partial charge in [0.25, 0.3) is 0 Å². The molecule has 1 aromatic carbocycles. The molecule has 104 valence electrons. The third-order valence-corrected chi connectivity index (χ3v) is 4.07. The maximum Gasteiger partial charge on any atom is 0.242 e. The number of benzene rings is 1. The van der Waals surface area contributed by atoms with Crippen molar-refractivity contribution in [1.82, 2.24) is 25.5 Å². The van der Waals surface area contributed by atoms with E-state index >= 15 is 0 Å². The number of carbonyl (C=O) groups is 1. The van der Waals surface area contributed by atoms with Gasteiger partial charge in [-0.3, -0.25) is 10.1 Å². The largest absolute Gasteiger partial charge is 0.324 e. The Morgan fingerprint density at radius 1 is 1.55 bits per heavy atom. The number of amides is 1. The second kappa shape index (κ2) is 5.59. The number of rotatable bonds is 3. The Morgan fingerprint density at radius 3 is 3.15 bits per heavy atom. The van der Waals surface area contributed by atoms with Gasteiger partial charge in [0.1, 0.15) is 6.33 Å². The highest BCUT2D eigenvalue weighted by molar-refractivity contribution is 7.99. The molecule has 0 spiro atoms. The van der Waals surface area contributed by atoms with Gasteiger partial charge in [0, 0.05) is 17.3 Å². The lowest BCUT2D eigenvalue weighted by Crippen LogP contribution is -2.37. The zero-order valence-electron chi connectivity index (χ0n) is 10.9. The molecule has 0 bridgehead atoms. The van der Waals surface area contributed by atoms with Crippen LogP contribution in [0, 0.1) is 6.92 Å². The minimum atomic E-state index is -0.129. The second-order valence-corrected chi connectivity index (χ2v) is 5.54. The van der Waals surface area contributed by atoms with Crippen molar-refractivity contribution in [3.63, 3.8) is 0 Å². The fourth-order valence-corrected chi connectivity index (χ4v) is 2.89. The van der Waals surface area contributed by atoms with Crippen molar-refractivity contribution in [2.45, 2.75) is 13.0 Å². The van der Waals surface area contributed by atoms with E-state index in [9.17, 15) is 4.79 Å². The van der Waals surface area contributed by atoms with Crippen molar-refractivity contribution in [2.24, 2.45) is 0 Å². The van der Waals surface area contributed by atoms with E-state index < -0.39 is 0 Å². The summed E-state index contributed by atoms with van der Waals surface area (Å²) in [5.74, 6) is 1.62. The molecule has 2 N–H and O–H groups in total. The van der Waals surface area contributed by atoms with Gasteiger partial charge < -0.3 is 5.32 Å². The fourth-order valence-electron chi connectivity index (χ4n) is 1.95. The van der Waals surface area contributed by atoms with Crippen LogP contribution in [0.25, 0.3) is 5.69 Å². The molecule has 0 radical (unpaired) electrons. The summed E-state index contributed by atoms with van der Waals surface area (Å²) >= 11 is 1.72. The molecule has 1 atom stereocenters. The van der Waals surface area contributed by atoms with E-state index in [0.29, 0.717) is 0 Å². The van der Waals surface area contributed by atoms with E-state index in [4.69, 9.17) is 0 Å². The Labute approximate surface area is 120 Å². The van der Waals surface area contributed by atoms with Crippen molar-refractivity contribution < 1.29 is 4.79 Å². The van der Waals surface area contributed by atoms with Gasteiger partial charge in [0.15, 0.2) is 0 Å². The molecule has 1 saturated heterocycles. The van der Waals surface area contributed by atoms with Gasteiger partial charge in [-0.2, -0.15) is 0 Å². The molecule has 1 amide bonds. The van der Waals surface area contributed by atoms with Gasteiger partial charge in [-0.15, -0.1) is 16.9 Å². The number of tetrazole rings is 1. The van der Waals surface area contributed by atoms with Crippen LogP contribution in [0.4, 0.5) is 5.69 Å². The Kier molecular flexibility index (Phi) is 3.66. The first kappa shape index (κ1) is 13.1. The number of nitrogens with zero attached hydrogens (tertiary/aromatic N) is 4. The molecule has 1 unspecified atom stereocenters. The molecule has 8 heteroatoms. The standard InChI is InChI=1S/C12H14N6OS/c1-8-2-3-9(18-6-14-16-17-18)4-10(8)15-12(19)11-5-20-7-13-11/h2-4,6,11,13H,5,7H2,1H3,(H,15,19). The Morgan fingerprint density at radius 2 is 2.45 bits per heavy atom. The monoisotopic (exact) mass is 290 g/mol. The average Bonchev–Trinajstić information content (AvgIpc) is 3.14. The lowest BCUT2D eigenvalue weighted by atomic mass is 10.1. The van der Waals surface area contributed by atoms with Crippen molar-refractivity contribution >= 4 is 23.4 Å². The molecule has 3 rings (SSSR count). The van der Waals surface area contributed by atoms with Crippen molar-refractivity contribution in [3.8, 4) is 5.69 Å². The predicted octanol–water partition coefficient (Wildman–Crippen LogP) is 0.572. The highest BCUT2D eigenvalue weighted by Crippen LogP contribution is 2.20. The van der Waals surface area contributed by atoms with Gasteiger partial charge in [-0.25, -0.2) is 4.68 Å². The summed E-state index contributed by atoms with van der Waals surface area (Å²) in [6.45, 7) is 1.95. The zero-order valence-corrected chi connectivity index (χ0v) is 11.7. The SMILES string of the molecule is Cc1ccc(-n2cnnn2)cc1NC(=O)C1CSCN1. The predicted molar refractivity (Wildman–Crippen MR) is 76.8 cm³/mol. The van der Waals surface area contributed by atoms with Crippen LogP contribution < -0.4 is 10.6 Å². The molecule has 1 aliphatic heterocycles. The highest BCUT2D eigenvalue weighted by atomic mass is 32.2. The number of aromatic nitrogens is 4. The topological polar surface area (TPSA) is 84.7 Å². The quantitative estimate of drug-likeness (QED) is 0.860. The van der Waals surface area contributed by atoms with Crippen molar-refractivity contribution in [3.05, 3.63) is 30.1 Å². The second-order valence-electron chi connectivity index (χ2n) is 4.51. The summed E-state index contributed by atoms with van der Waals surface area (Å²) in [5.41, 5.74) is 2.59. The Balaban J connectivity index is 1.81. The molecule has 0 saturated carbocycles. The molecule has 20 heavy (non-hydrogen) atoms. The molecule has 2 aromatic rings. The lowest BCUT2D eigenvalue weighted by Gasteiger charge is -2.13. The van der Waals surface area contributed by atoms with Crippen LogP contribution in [0.5, 0.6) is 0 Å². The van der Waals surface area contributed by atoms with Crippen LogP contribution in [-0.2, 0) is 4.79 Å². The lowest BCUT2D eigenvalue weighted by molar-refractivity contribution is -0.117. The van der Waals surface area contributed by atoms with Gasteiger partial charge in [-0.1, -0.05) is 6.07 Å². The molecule has 1 aliphatic rings. The van der Waals surface area contributed by atoms with E-state index in [0.717, 1.165) is 28.6 Å².